The Hall–Kier alpha value is -2.31. The molecule has 18 heavy (non-hydrogen) atoms. The Morgan fingerprint density at radius 1 is 1.61 bits per heavy atom. The number of nitrogens with two attached hydrogens (primary N) is 1. The molecule has 0 radical (unpaired) electrons. The summed E-state index contributed by atoms with van der Waals surface area (Å²) in [6.45, 7) is 2.18. The van der Waals surface area contributed by atoms with Crippen molar-refractivity contribution in [3.8, 4) is 0 Å². The lowest BCUT2D eigenvalue weighted by molar-refractivity contribution is 0.0945. The number of carbonyl (C=O) groups excluding carboxylic acids is 1. The fourth-order valence-electron chi connectivity index (χ4n) is 1.63. The standard InChI is InChI=1S/C11H15N5O2/c1-7-14-10(18-15-7)3-4-13-11(17)9-5-8(12)6-16(9)2/h5-6H,3-4,12H2,1-2H3,(H,13,17). The van der Waals surface area contributed by atoms with Crippen LogP contribution in [0.2, 0.25) is 0 Å². The van der Waals surface area contributed by atoms with Crippen molar-refractivity contribution in [3.63, 3.8) is 0 Å². The van der Waals surface area contributed by atoms with Crippen molar-refractivity contribution in [2.24, 2.45) is 7.05 Å². The molecule has 0 bridgehead atoms. The van der Waals surface area contributed by atoms with Crippen LogP contribution < -0.4 is 11.1 Å². The summed E-state index contributed by atoms with van der Waals surface area (Å²) >= 11 is 0. The van der Waals surface area contributed by atoms with Gasteiger partial charge in [0.1, 0.15) is 5.69 Å². The predicted molar refractivity (Wildman–Crippen MR) is 64.9 cm³/mol. The van der Waals surface area contributed by atoms with E-state index < -0.39 is 0 Å². The number of hydrogen-bond acceptors (Lipinski definition) is 5. The molecule has 0 saturated heterocycles. The molecular formula is C11H15N5O2. The van der Waals surface area contributed by atoms with Gasteiger partial charge in [0.15, 0.2) is 5.82 Å². The SMILES string of the molecule is Cc1noc(CCNC(=O)c2cc(N)cn2C)n1. The summed E-state index contributed by atoms with van der Waals surface area (Å²) in [5.74, 6) is 0.927. The molecule has 0 atom stereocenters. The number of rotatable bonds is 4. The third-order valence-electron chi connectivity index (χ3n) is 2.45. The molecule has 1 amide bonds. The minimum absolute atomic E-state index is 0.176. The van der Waals surface area contributed by atoms with Gasteiger partial charge in [-0.15, -0.1) is 0 Å². The zero-order chi connectivity index (χ0) is 13.1. The van der Waals surface area contributed by atoms with Crippen LogP contribution in [-0.2, 0) is 13.5 Å². The van der Waals surface area contributed by atoms with Crippen LogP contribution in [0.4, 0.5) is 5.69 Å². The van der Waals surface area contributed by atoms with E-state index in [0.717, 1.165) is 0 Å². The Kier molecular flexibility index (Phi) is 3.31. The van der Waals surface area contributed by atoms with E-state index in [1.54, 1.807) is 30.8 Å². The molecule has 0 saturated carbocycles. The number of nitrogen functional groups attached to an aromatic ring is 1. The van der Waals surface area contributed by atoms with E-state index in [-0.39, 0.29) is 5.91 Å². The molecule has 0 fully saturated rings. The van der Waals surface area contributed by atoms with Gasteiger partial charge in [-0.1, -0.05) is 5.16 Å². The van der Waals surface area contributed by atoms with Gasteiger partial charge in [-0.25, -0.2) is 0 Å². The van der Waals surface area contributed by atoms with Gasteiger partial charge in [-0.2, -0.15) is 4.98 Å². The smallest absolute Gasteiger partial charge is 0.267 e. The number of aromatic nitrogens is 3. The molecule has 96 valence electrons. The summed E-state index contributed by atoms with van der Waals surface area (Å²) < 4.78 is 6.62. The molecule has 2 aromatic heterocycles. The van der Waals surface area contributed by atoms with Gasteiger partial charge in [0, 0.05) is 26.2 Å². The number of anilines is 1. The number of aryl methyl sites for hydroxylation is 2. The highest BCUT2D eigenvalue weighted by Gasteiger charge is 2.10. The molecule has 2 rings (SSSR count). The van der Waals surface area contributed by atoms with Gasteiger partial charge in [-0.05, 0) is 13.0 Å². The maximum Gasteiger partial charge on any atom is 0.267 e. The van der Waals surface area contributed by atoms with Gasteiger partial charge < -0.3 is 20.1 Å². The molecular weight excluding hydrogens is 234 g/mol. The van der Waals surface area contributed by atoms with E-state index in [2.05, 4.69) is 15.5 Å². The van der Waals surface area contributed by atoms with Gasteiger partial charge >= 0.3 is 0 Å². The predicted octanol–water partition coefficient (Wildman–Crippen LogP) is 0.271. The lowest BCUT2D eigenvalue weighted by atomic mass is 10.3. The van der Waals surface area contributed by atoms with Crippen LogP contribution >= 0.6 is 0 Å². The summed E-state index contributed by atoms with van der Waals surface area (Å²) in [6, 6.07) is 1.63. The van der Waals surface area contributed by atoms with Crippen molar-refractivity contribution >= 4 is 11.6 Å². The third kappa shape index (κ3) is 2.68. The number of nitrogens with one attached hydrogen (secondary N) is 1. The van der Waals surface area contributed by atoms with Crippen LogP contribution in [0.25, 0.3) is 0 Å². The molecule has 0 aromatic carbocycles. The molecule has 0 unspecified atom stereocenters. The topological polar surface area (TPSA) is 99.0 Å². The second-order valence-electron chi connectivity index (χ2n) is 4.01. The fraction of sp³-hybridized carbons (Fsp3) is 0.364. The van der Waals surface area contributed by atoms with E-state index >= 15 is 0 Å². The molecule has 0 aliphatic heterocycles. The largest absolute Gasteiger partial charge is 0.397 e. The van der Waals surface area contributed by atoms with Gasteiger partial charge in [-0.3, -0.25) is 4.79 Å². The van der Waals surface area contributed by atoms with E-state index in [4.69, 9.17) is 10.3 Å². The Morgan fingerprint density at radius 3 is 2.94 bits per heavy atom. The molecule has 0 aliphatic rings. The van der Waals surface area contributed by atoms with E-state index in [1.165, 1.54) is 0 Å². The fourth-order valence-corrected chi connectivity index (χ4v) is 1.63. The van der Waals surface area contributed by atoms with Crippen molar-refractivity contribution in [2.45, 2.75) is 13.3 Å². The Balaban J connectivity index is 1.87. The van der Waals surface area contributed by atoms with Crippen LogP contribution in [0.15, 0.2) is 16.8 Å². The zero-order valence-electron chi connectivity index (χ0n) is 10.3. The Labute approximate surface area is 104 Å². The number of nitrogens with zero attached hydrogens (tertiary/aromatic N) is 3. The van der Waals surface area contributed by atoms with Crippen molar-refractivity contribution < 1.29 is 9.32 Å². The molecule has 7 nitrogen and oxygen atoms in total. The van der Waals surface area contributed by atoms with Crippen molar-refractivity contribution in [3.05, 3.63) is 29.7 Å². The average molecular weight is 249 g/mol. The summed E-state index contributed by atoms with van der Waals surface area (Å²) in [4.78, 5) is 15.9. The van der Waals surface area contributed by atoms with E-state index in [9.17, 15) is 4.79 Å². The normalized spacial score (nSPS) is 10.6. The molecule has 2 aromatic rings. The van der Waals surface area contributed by atoms with Crippen LogP contribution in [0, 0.1) is 6.92 Å². The summed E-state index contributed by atoms with van der Waals surface area (Å²) in [5, 5.41) is 6.44. The molecule has 0 aliphatic carbocycles. The highest BCUT2D eigenvalue weighted by Crippen LogP contribution is 2.08. The lowest BCUT2D eigenvalue weighted by Crippen LogP contribution is -2.27. The number of carbonyl (C=O) groups is 1. The second-order valence-corrected chi connectivity index (χ2v) is 4.01. The molecule has 2 heterocycles. The van der Waals surface area contributed by atoms with Gasteiger partial charge in [0.2, 0.25) is 5.89 Å². The van der Waals surface area contributed by atoms with Crippen LogP contribution in [0.5, 0.6) is 0 Å². The first kappa shape index (κ1) is 12.2. The minimum atomic E-state index is -0.176. The van der Waals surface area contributed by atoms with E-state index in [1.807, 2.05) is 0 Å². The van der Waals surface area contributed by atoms with Crippen molar-refractivity contribution in [2.75, 3.05) is 12.3 Å². The van der Waals surface area contributed by atoms with Gasteiger partial charge in [0.05, 0.1) is 5.69 Å². The number of amides is 1. The maximum absolute atomic E-state index is 11.8. The molecule has 7 heteroatoms. The van der Waals surface area contributed by atoms with E-state index in [0.29, 0.717) is 36.1 Å². The molecule has 0 spiro atoms. The zero-order valence-corrected chi connectivity index (χ0v) is 10.3. The highest BCUT2D eigenvalue weighted by atomic mass is 16.5. The quantitative estimate of drug-likeness (QED) is 0.810. The first-order chi connectivity index (χ1) is 8.56. The summed E-state index contributed by atoms with van der Waals surface area (Å²) in [5.41, 5.74) is 6.69. The Bertz CT molecular complexity index is 558. The third-order valence-corrected chi connectivity index (χ3v) is 2.45. The first-order valence-electron chi connectivity index (χ1n) is 5.55. The van der Waals surface area contributed by atoms with Crippen molar-refractivity contribution in [1.29, 1.82) is 0 Å². The van der Waals surface area contributed by atoms with Crippen LogP contribution in [-0.4, -0.2) is 27.2 Å². The maximum atomic E-state index is 11.8. The van der Waals surface area contributed by atoms with Crippen molar-refractivity contribution in [1.82, 2.24) is 20.0 Å². The lowest BCUT2D eigenvalue weighted by Gasteiger charge is -2.03. The monoisotopic (exact) mass is 249 g/mol. The van der Waals surface area contributed by atoms with Crippen LogP contribution in [0.3, 0.4) is 0 Å². The second kappa shape index (κ2) is 4.91. The van der Waals surface area contributed by atoms with Crippen LogP contribution in [0.1, 0.15) is 22.2 Å². The first-order valence-corrected chi connectivity index (χ1v) is 5.55. The number of hydrogen-bond donors (Lipinski definition) is 2. The summed E-state index contributed by atoms with van der Waals surface area (Å²) in [6.07, 6.45) is 2.20. The Morgan fingerprint density at radius 2 is 2.39 bits per heavy atom. The summed E-state index contributed by atoms with van der Waals surface area (Å²) in [7, 11) is 1.77. The minimum Gasteiger partial charge on any atom is -0.397 e. The highest BCUT2D eigenvalue weighted by molar-refractivity contribution is 5.93. The average Bonchev–Trinajstić information content (AvgIpc) is 2.85. The van der Waals surface area contributed by atoms with Gasteiger partial charge in [0.25, 0.3) is 5.91 Å². The molecule has 3 N–H and O–H groups in total.